The van der Waals surface area contributed by atoms with Crippen LogP contribution in [0.2, 0.25) is 0 Å². The van der Waals surface area contributed by atoms with Crippen molar-refractivity contribution in [2.45, 2.75) is 6.54 Å². The average molecular weight is 267 g/mol. The van der Waals surface area contributed by atoms with E-state index in [-0.39, 0.29) is 0 Å². The molecule has 3 rings (SSSR count). The third kappa shape index (κ3) is 2.17. The van der Waals surface area contributed by atoms with E-state index in [9.17, 15) is 0 Å². The van der Waals surface area contributed by atoms with Crippen molar-refractivity contribution in [2.75, 3.05) is 14.2 Å². The van der Waals surface area contributed by atoms with Gasteiger partial charge in [-0.25, -0.2) is 0 Å². The summed E-state index contributed by atoms with van der Waals surface area (Å²) < 4.78 is 11.3. The fourth-order valence-corrected chi connectivity index (χ4v) is 2.46. The Bertz CT molecular complexity index is 731. The molecule has 102 valence electrons. The summed E-state index contributed by atoms with van der Waals surface area (Å²) in [5.41, 5.74) is 1.09. The Morgan fingerprint density at radius 1 is 1.00 bits per heavy atom. The van der Waals surface area contributed by atoms with Crippen LogP contribution < -0.4 is 10.1 Å². The van der Waals surface area contributed by atoms with Crippen LogP contribution in [0.4, 0.5) is 0 Å². The Labute approximate surface area is 118 Å². The molecule has 0 saturated heterocycles. The molecule has 0 unspecified atom stereocenters. The summed E-state index contributed by atoms with van der Waals surface area (Å²) >= 11 is 0. The van der Waals surface area contributed by atoms with Crippen LogP contribution in [0.5, 0.6) is 5.75 Å². The van der Waals surface area contributed by atoms with E-state index in [2.05, 4.69) is 17.4 Å². The van der Waals surface area contributed by atoms with Crippen molar-refractivity contribution in [3.63, 3.8) is 0 Å². The topological polar surface area (TPSA) is 34.4 Å². The zero-order valence-corrected chi connectivity index (χ0v) is 11.6. The molecule has 0 aliphatic heterocycles. The van der Waals surface area contributed by atoms with Crippen LogP contribution in [-0.2, 0) is 6.54 Å². The molecule has 0 aliphatic carbocycles. The number of fused-ring (bicyclic) bond motifs is 1. The fraction of sp³-hybridized carbons (Fsp3) is 0.176. The summed E-state index contributed by atoms with van der Waals surface area (Å²) in [5.74, 6) is 2.70. The van der Waals surface area contributed by atoms with Gasteiger partial charge < -0.3 is 14.5 Å². The minimum absolute atomic E-state index is 0.730. The maximum Gasteiger partial charge on any atom is 0.134 e. The predicted molar refractivity (Wildman–Crippen MR) is 81.0 cm³/mol. The quantitative estimate of drug-likeness (QED) is 0.780. The predicted octanol–water partition coefficient (Wildman–Crippen LogP) is 3.83. The smallest absolute Gasteiger partial charge is 0.134 e. The zero-order chi connectivity index (χ0) is 13.9. The Kier molecular flexibility index (Phi) is 3.44. The maximum absolute atomic E-state index is 5.89. The van der Waals surface area contributed by atoms with Crippen LogP contribution in [0.15, 0.2) is 52.9 Å². The summed E-state index contributed by atoms with van der Waals surface area (Å²) in [6, 6.07) is 16.3. The molecule has 1 heterocycles. The first-order valence-corrected chi connectivity index (χ1v) is 6.63. The molecule has 0 saturated carbocycles. The van der Waals surface area contributed by atoms with Gasteiger partial charge in [0.2, 0.25) is 0 Å². The first kappa shape index (κ1) is 12.8. The summed E-state index contributed by atoms with van der Waals surface area (Å²) in [4.78, 5) is 0. The van der Waals surface area contributed by atoms with E-state index >= 15 is 0 Å². The van der Waals surface area contributed by atoms with Crippen LogP contribution in [0, 0.1) is 0 Å². The molecule has 0 radical (unpaired) electrons. The van der Waals surface area contributed by atoms with E-state index in [1.807, 2.05) is 43.4 Å². The van der Waals surface area contributed by atoms with Gasteiger partial charge in [-0.3, -0.25) is 0 Å². The van der Waals surface area contributed by atoms with Crippen molar-refractivity contribution in [3.05, 3.63) is 54.3 Å². The molecular weight excluding hydrogens is 250 g/mol. The van der Waals surface area contributed by atoms with Gasteiger partial charge in [-0.2, -0.15) is 0 Å². The molecule has 20 heavy (non-hydrogen) atoms. The standard InChI is InChI=1S/C17H17NO2/c1-18-11-12-7-9-17(20-12)15-8-10-16(19-2)14-6-4-3-5-13(14)15/h3-10,18H,11H2,1-2H3. The van der Waals surface area contributed by atoms with Crippen LogP contribution >= 0.6 is 0 Å². The Hall–Kier alpha value is -2.26. The maximum atomic E-state index is 5.89. The lowest BCUT2D eigenvalue weighted by Gasteiger charge is -2.08. The third-order valence-corrected chi connectivity index (χ3v) is 3.38. The molecular formula is C17H17NO2. The minimum atomic E-state index is 0.730. The summed E-state index contributed by atoms with van der Waals surface area (Å²) in [5, 5.41) is 5.32. The Balaban J connectivity index is 2.15. The lowest BCUT2D eigenvalue weighted by atomic mass is 10.0. The highest BCUT2D eigenvalue weighted by molar-refractivity contribution is 5.99. The number of hydrogen-bond donors (Lipinski definition) is 1. The Morgan fingerprint density at radius 2 is 1.80 bits per heavy atom. The Morgan fingerprint density at radius 3 is 2.55 bits per heavy atom. The van der Waals surface area contributed by atoms with Gasteiger partial charge in [-0.15, -0.1) is 0 Å². The molecule has 0 amide bonds. The van der Waals surface area contributed by atoms with Crippen LogP contribution in [0.3, 0.4) is 0 Å². The molecule has 2 aromatic carbocycles. The summed E-state index contributed by atoms with van der Waals surface area (Å²) in [7, 11) is 3.60. The van der Waals surface area contributed by atoms with Crippen LogP contribution in [0.25, 0.3) is 22.1 Å². The third-order valence-electron chi connectivity index (χ3n) is 3.38. The van der Waals surface area contributed by atoms with Crippen molar-refractivity contribution >= 4 is 10.8 Å². The zero-order valence-electron chi connectivity index (χ0n) is 11.6. The average Bonchev–Trinajstić information content (AvgIpc) is 2.95. The molecule has 0 spiro atoms. The highest BCUT2D eigenvalue weighted by atomic mass is 16.5. The number of rotatable bonds is 4. The lowest BCUT2D eigenvalue weighted by molar-refractivity contribution is 0.420. The first-order chi connectivity index (χ1) is 9.83. The van der Waals surface area contributed by atoms with E-state index in [0.717, 1.165) is 40.2 Å². The number of benzene rings is 2. The minimum Gasteiger partial charge on any atom is -0.496 e. The van der Waals surface area contributed by atoms with Crippen molar-refractivity contribution in [3.8, 4) is 17.1 Å². The van der Waals surface area contributed by atoms with E-state index in [0.29, 0.717) is 0 Å². The molecule has 1 N–H and O–H groups in total. The molecule has 0 aliphatic rings. The van der Waals surface area contributed by atoms with E-state index in [1.165, 1.54) is 0 Å². The molecule has 3 heteroatoms. The molecule has 0 bridgehead atoms. The second-order valence-electron chi connectivity index (χ2n) is 4.66. The number of ether oxygens (including phenoxy) is 1. The van der Waals surface area contributed by atoms with Gasteiger partial charge in [0, 0.05) is 10.9 Å². The second kappa shape index (κ2) is 5.39. The highest BCUT2D eigenvalue weighted by Crippen LogP contribution is 2.34. The van der Waals surface area contributed by atoms with Crippen molar-refractivity contribution in [2.24, 2.45) is 0 Å². The van der Waals surface area contributed by atoms with Gasteiger partial charge in [0.25, 0.3) is 0 Å². The first-order valence-electron chi connectivity index (χ1n) is 6.63. The largest absolute Gasteiger partial charge is 0.496 e. The van der Waals surface area contributed by atoms with Crippen molar-refractivity contribution in [1.29, 1.82) is 0 Å². The molecule has 1 aromatic heterocycles. The van der Waals surface area contributed by atoms with E-state index in [1.54, 1.807) is 7.11 Å². The van der Waals surface area contributed by atoms with Crippen molar-refractivity contribution < 1.29 is 9.15 Å². The van der Waals surface area contributed by atoms with Crippen molar-refractivity contribution in [1.82, 2.24) is 5.32 Å². The summed E-state index contributed by atoms with van der Waals surface area (Å²) in [6.07, 6.45) is 0. The lowest BCUT2D eigenvalue weighted by Crippen LogP contribution is -2.03. The molecule has 0 atom stereocenters. The number of hydrogen-bond acceptors (Lipinski definition) is 3. The van der Waals surface area contributed by atoms with E-state index in [4.69, 9.17) is 9.15 Å². The second-order valence-corrected chi connectivity index (χ2v) is 4.66. The summed E-state index contributed by atoms with van der Waals surface area (Å²) in [6.45, 7) is 0.730. The monoisotopic (exact) mass is 267 g/mol. The van der Waals surface area contributed by atoms with Gasteiger partial charge in [0.15, 0.2) is 0 Å². The number of methoxy groups -OCH3 is 1. The normalized spacial score (nSPS) is 10.9. The van der Waals surface area contributed by atoms with Gasteiger partial charge in [-0.1, -0.05) is 24.3 Å². The fourth-order valence-electron chi connectivity index (χ4n) is 2.46. The van der Waals surface area contributed by atoms with Gasteiger partial charge >= 0.3 is 0 Å². The molecule has 3 nitrogen and oxygen atoms in total. The molecule has 3 aromatic rings. The van der Waals surface area contributed by atoms with Gasteiger partial charge in [0.05, 0.1) is 13.7 Å². The number of nitrogens with one attached hydrogen (secondary N) is 1. The van der Waals surface area contributed by atoms with Gasteiger partial charge in [-0.05, 0) is 36.7 Å². The highest BCUT2D eigenvalue weighted by Gasteiger charge is 2.10. The van der Waals surface area contributed by atoms with Gasteiger partial charge in [0.1, 0.15) is 17.3 Å². The molecule has 0 fully saturated rings. The SMILES string of the molecule is CNCc1ccc(-c2ccc(OC)c3ccccc23)o1. The number of furan rings is 1. The van der Waals surface area contributed by atoms with E-state index < -0.39 is 0 Å². The van der Waals surface area contributed by atoms with Crippen LogP contribution in [-0.4, -0.2) is 14.2 Å². The van der Waals surface area contributed by atoms with Crippen LogP contribution in [0.1, 0.15) is 5.76 Å².